The highest BCUT2D eigenvalue weighted by Crippen LogP contribution is 2.11. The molecule has 3 heteroatoms. The molecule has 0 radical (unpaired) electrons. The third-order valence-electron chi connectivity index (χ3n) is 1.66. The Hall–Kier alpha value is -0.670. The number of hydrogen-bond acceptors (Lipinski definition) is 3. The molecule has 0 aromatic rings. The van der Waals surface area contributed by atoms with Crippen LogP contribution in [-0.2, 0) is 4.79 Å². The molecule has 0 unspecified atom stereocenters. The van der Waals surface area contributed by atoms with Crippen LogP contribution >= 0.6 is 0 Å². The summed E-state index contributed by atoms with van der Waals surface area (Å²) in [4.78, 5) is 10.7. The molecule has 0 heterocycles. The molecule has 11 heavy (non-hydrogen) atoms. The minimum absolute atomic E-state index is 0.442. The minimum Gasteiger partial charge on any atom is -0.386 e. The van der Waals surface area contributed by atoms with E-state index in [1.54, 1.807) is 13.0 Å². The van der Waals surface area contributed by atoms with Gasteiger partial charge in [0.15, 0.2) is 5.78 Å². The molecule has 0 amide bonds. The van der Waals surface area contributed by atoms with Gasteiger partial charge in [-0.3, -0.25) is 4.79 Å². The second kappa shape index (κ2) is 3.64. The van der Waals surface area contributed by atoms with Gasteiger partial charge in [-0.1, -0.05) is 12.2 Å². The van der Waals surface area contributed by atoms with Gasteiger partial charge in [0.25, 0.3) is 0 Å². The fraction of sp³-hybridized carbons (Fsp3) is 0.625. The van der Waals surface area contributed by atoms with E-state index < -0.39 is 17.5 Å². The second-order valence-corrected chi connectivity index (χ2v) is 2.67. The summed E-state index contributed by atoms with van der Waals surface area (Å²) in [6, 6.07) is 0. The van der Waals surface area contributed by atoms with E-state index in [1.165, 1.54) is 19.9 Å². The highest BCUT2D eigenvalue weighted by molar-refractivity contribution is 5.85. The van der Waals surface area contributed by atoms with E-state index in [-0.39, 0.29) is 0 Å². The van der Waals surface area contributed by atoms with E-state index in [0.717, 1.165) is 0 Å². The summed E-state index contributed by atoms with van der Waals surface area (Å²) >= 11 is 0. The molecule has 0 saturated carbocycles. The van der Waals surface area contributed by atoms with Crippen LogP contribution in [-0.4, -0.2) is 27.7 Å². The molecule has 0 spiro atoms. The lowest BCUT2D eigenvalue weighted by atomic mass is 9.95. The summed E-state index contributed by atoms with van der Waals surface area (Å²) < 4.78 is 0. The number of carbonyl (C=O) groups is 1. The molecule has 0 rings (SSSR count). The Morgan fingerprint density at radius 2 is 2.09 bits per heavy atom. The zero-order chi connectivity index (χ0) is 9.07. The van der Waals surface area contributed by atoms with E-state index in [1.807, 2.05) is 0 Å². The van der Waals surface area contributed by atoms with Crippen LogP contribution in [0.2, 0.25) is 0 Å². The maximum absolute atomic E-state index is 10.7. The van der Waals surface area contributed by atoms with Crippen LogP contribution in [0.4, 0.5) is 0 Å². The van der Waals surface area contributed by atoms with Crippen molar-refractivity contribution in [1.82, 2.24) is 0 Å². The molecular weight excluding hydrogens is 144 g/mol. The average molecular weight is 158 g/mol. The van der Waals surface area contributed by atoms with Crippen LogP contribution in [0.5, 0.6) is 0 Å². The fourth-order valence-corrected chi connectivity index (χ4v) is 0.578. The van der Waals surface area contributed by atoms with Crippen LogP contribution in [0.15, 0.2) is 12.2 Å². The molecule has 3 nitrogen and oxygen atoms in total. The smallest absolute Gasteiger partial charge is 0.164 e. The van der Waals surface area contributed by atoms with E-state index >= 15 is 0 Å². The van der Waals surface area contributed by atoms with E-state index in [0.29, 0.717) is 0 Å². The zero-order valence-electron chi connectivity index (χ0n) is 7.03. The Morgan fingerprint density at radius 1 is 1.64 bits per heavy atom. The van der Waals surface area contributed by atoms with Gasteiger partial charge in [0, 0.05) is 0 Å². The van der Waals surface area contributed by atoms with E-state index in [9.17, 15) is 15.0 Å². The Kier molecular flexibility index (Phi) is 3.42. The van der Waals surface area contributed by atoms with Crippen molar-refractivity contribution in [2.75, 3.05) is 0 Å². The third-order valence-corrected chi connectivity index (χ3v) is 1.66. The van der Waals surface area contributed by atoms with Crippen LogP contribution in [0, 0.1) is 0 Å². The van der Waals surface area contributed by atoms with Crippen molar-refractivity contribution in [3.63, 3.8) is 0 Å². The summed E-state index contributed by atoms with van der Waals surface area (Å²) in [5.41, 5.74) is -1.66. The quantitative estimate of drug-likeness (QED) is 0.579. The number of hydrogen-bond donors (Lipinski definition) is 2. The van der Waals surface area contributed by atoms with Crippen molar-refractivity contribution in [1.29, 1.82) is 0 Å². The van der Waals surface area contributed by atoms with Crippen molar-refractivity contribution >= 4 is 5.78 Å². The third kappa shape index (κ3) is 2.44. The number of aliphatic hydroxyl groups is 2. The first kappa shape index (κ1) is 10.3. The van der Waals surface area contributed by atoms with Gasteiger partial charge in [-0.15, -0.1) is 0 Å². The number of carbonyl (C=O) groups excluding carboxylic acids is 1. The molecule has 2 atom stereocenters. The molecular formula is C8H14O3. The summed E-state index contributed by atoms with van der Waals surface area (Å²) in [7, 11) is 0. The van der Waals surface area contributed by atoms with Gasteiger partial charge in [-0.05, 0) is 20.8 Å². The largest absolute Gasteiger partial charge is 0.386 e. The Bertz CT molecular complexity index is 170. The number of ketones is 1. The standard InChI is InChI=1S/C8H14O3/c1-4-5-7(10)8(3,11)6(2)9/h4-5,7,10-11H,1-3H3/b5-4+/t7-,8+/m0/s1. The highest BCUT2D eigenvalue weighted by Gasteiger charge is 2.33. The van der Waals surface area contributed by atoms with Crippen LogP contribution in [0.25, 0.3) is 0 Å². The summed E-state index contributed by atoms with van der Waals surface area (Å²) in [6.45, 7) is 4.24. The SMILES string of the molecule is C/C=C/[C@H](O)[C@](C)(O)C(C)=O. The van der Waals surface area contributed by atoms with Crippen molar-refractivity contribution < 1.29 is 15.0 Å². The lowest BCUT2D eigenvalue weighted by molar-refractivity contribution is -0.141. The number of allylic oxidation sites excluding steroid dienone is 1. The van der Waals surface area contributed by atoms with Crippen molar-refractivity contribution in [3.8, 4) is 0 Å². The molecule has 0 aliphatic carbocycles. The Balaban J connectivity index is 4.41. The van der Waals surface area contributed by atoms with Gasteiger partial charge in [0.05, 0.1) is 0 Å². The van der Waals surface area contributed by atoms with E-state index in [2.05, 4.69) is 0 Å². The van der Waals surface area contributed by atoms with Gasteiger partial charge in [0.2, 0.25) is 0 Å². The van der Waals surface area contributed by atoms with Crippen LogP contribution < -0.4 is 0 Å². The number of aliphatic hydroxyl groups excluding tert-OH is 1. The Labute approximate surface area is 66.4 Å². The monoisotopic (exact) mass is 158 g/mol. The molecule has 0 aromatic carbocycles. The van der Waals surface area contributed by atoms with Crippen LogP contribution in [0.3, 0.4) is 0 Å². The van der Waals surface area contributed by atoms with Gasteiger partial charge in [-0.25, -0.2) is 0 Å². The minimum atomic E-state index is -1.66. The predicted molar refractivity (Wildman–Crippen MR) is 42.1 cm³/mol. The first-order valence-electron chi connectivity index (χ1n) is 3.47. The number of rotatable bonds is 3. The van der Waals surface area contributed by atoms with Gasteiger partial charge < -0.3 is 10.2 Å². The molecule has 0 bridgehead atoms. The molecule has 0 fully saturated rings. The maximum atomic E-state index is 10.7. The highest BCUT2D eigenvalue weighted by atomic mass is 16.3. The lowest BCUT2D eigenvalue weighted by Crippen LogP contribution is -2.44. The first-order chi connectivity index (χ1) is 4.92. The predicted octanol–water partition coefficient (Wildman–Crippen LogP) is 0.263. The fourth-order valence-electron chi connectivity index (χ4n) is 0.578. The van der Waals surface area contributed by atoms with Crippen molar-refractivity contribution in [2.45, 2.75) is 32.5 Å². The lowest BCUT2D eigenvalue weighted by Gasteiger charge is -2.23. The summed E-state index contributed by atoms with van der Waals surface area (Å²) in [5.74, 6) is -0.442. The maximum Gasteiger partial charge on any atom is 0.164 e. The Morgan fingerprint density at radius 3 is 2.36 bits per heavy atom. The zero-order valence-corrected chi connectivity index (χ0v) is 7.03. The molecule has 0 aliphatic rings. The second-order valence-electron chi connectivity index (χ2n) is 2.67. The summed E-state index contributed by atoms with van der Waals surface area (Å²) in [5, 5.41) is 18.5. The van der Waals surface area contributed by atoms with Gasteiger partial charge in [0.1, 0.15) is 11.7 Å². The average Bonchev–Trinajstić information content (AvgIpc) is 1.88. The van der Waals surface area contributed by atoms with Crippen molar-refractivity contribution in [2.24, 2.45) is 0 Å². The molecule has 0 aromatic heterocycles. The molecule has 0 aliphatic heterocycles. The first-order valence-corrected chi connectivity index (χ1v) is 3.47. The van der Waals surface area contributed by atoms with Crippen molar-refractivity contribution in [3.05, 3.63) is 12.2 Å². The van der Waals surface area contributed by atoms with Crippen LogP contribution in [0.1, 0.15) is 20.8 Å². The molecule has 0 saturated heterocycles. The number of Topliss-reactive ketones (excluding diaryl/α,β-unsaturated/α-hetero) is 1. The summed E-state index contributed by atoms with van der Waals surface area (Å²) in [6.07, 6.45) is 1.84. The van der Waals surface area contributed by atoms with Gasteiger partial charge in [-0.2, -0.15) is 0 Å². The molecule has 2 N–H and O–H groups in total. The topological polar surface area (TPSA) is 57.5 Å². The normalized spacial score (nSPS) is 19.7. The van der Waals surface area contributed by atoms with Gasteiger partial charge >= 0.3 is 0 Å². The van der Waals surface area contributed by atoms with E-state index in [4.69, 9.17) is 0 Å². The molecule has 64 valence electrons.